The van der Waals surface area contributed by atoms with Crippen molar-refractivity contribution in [2.45, 2.75) is 45.1 Å². The Morgan fingerprint density at radius 2 is 1.95 bits per heavy atom. The smallest absolute Gasteiger partial charge is 0.240 e. The maximum Gasteiger partial charge on any atom is 0.240 e. The molecule has 2 unspecified atom stereocenters. The van der Waals surface area contributed by atoms with Gasteiger partial charge in [-0.05, 0) is 37.5 Å². The lowest BCUT2D eigenvalue weighted by Gasteiger charge is -2.20. The molecule has 108 valence electrons. The number of nitrogen functional groups attached to an aromatic ring is 1. The van der Waals surface area contributed by atoms with Gasteiger partial charge in [-0.15, -0.1) is 0 Å². The molecular formula is C13H21ClN2O2S. The largest absolute Gasteiger partial charge is 0.397 e. The highest BCUT2D eigenvalue weighted by Crippen LogP contribution is 2.27. The van der Waals surface area contributed by atoms with E-state index in [-0.39, 0.29) is 22.5 Å². The third-order valence-corrected chi connectivity index (χ3v) is 5.46. The zero-order valence-corrected chi connectivity index (χ0v) is 13.3. The van der Waals surface area contributed by atoms with Crippen LogP contribution in [0.5, 0.6) is 0 Å². The lowest BCUT2D eigenvalue weighted by atomic mass is 10.0. The lowest BCUT2D eigenvalue weighted by Crippen LogP contribution is -2.36. The third kappa shape index (κ3) is 3.84. The van der Waals surface area contributed by atoms with Gasteiger partial charge in [0.2, 0.25) is 10.0 Å². The van der Waals surface area contributed by atoms with Gasteiger partial charge in [0, 0.05) is 6.04 Å². The van der Waals surface area contributed by atoms with Crippen molar-refractivity contribution >= 4 is 27.3 Å². The van der Waals surface area contributed by atoms with Crippen LogP contribution in [0.2, 0.25) is 5.02 Å². The van der Waals surface area contributed by atoms with Crippen LogP contribution in [0, 0.1) is 12.8 Å². The fourth-order valence-electron chi connectivity index (χ4n) is 1.70. The van der Waals surface area contributed by atoms with Gasteiger partial charge in [-0.3, -0.25) is 0 Å². The Balaban J connectivity index is 3.08. The second-order valence-electron chi connectivity index (χ2n) is 4.94. The predicted molar refractivity (Wildman–Crippen MR) is 79.8 cm³/mol. The molecule has 0 aromatic heterocycles. The van der Waals surface area contributed by atoms with Crippen molar-refractivity contribution in [1.29, 1.82) is 0 Å². The zero-order valence-electron chi connectivity index (χ0n) is 11.7. The summed E-state index contributed by atoms with van der Waals surface area (Å²) in [6.45, 7) is 7.63. The quantitative estimate of drug-likeness (QED) is 0.822. The van der Waals surface area contributed by atoms with Crippen molar-refractivity contribution in [3.63, 3.8) is 0 Å². The standard InChI is InChI=1S/C13H21ClN2O2S/c1-5-8(2)10(4)16-19(17,18)11-6-9(3)13(14)12(15)7-11/h6-8,10,16H,5,15H2,1-4H3. The highest BCUT2D eigenvalue weighted by molar-refractivity contribution is 7.89. The molecule has 6 heteroatoms. The van der Waals surface area contributed by atoms with E-state index in [9.17, 15) is 8.42 Å². The summed E-state index contributed by atoms with van der Waals surface area (Å²) < 4.78 is 27.2. The number of nitrogens with two attached hydrogens (primary N) is 1. The normalized spacial score (nSPS) is 15.2. The van der Waals surface area contributed by atoms with Gasteiger partial charge < -0.3 is 5.73 Å². The average Bonchev–Trinajstić information content (AvgIpc) is 2.33. The molecule has 0 fully saturated rings. The molecule has 1 aromatic rings. The molecule has 0 saturated heterocycles. The first-order valence-electron chi connectivity index (χ1n) is 6.27. The Morgan fingerprint density at radius 1 is 1.37 bits per heavy atom. The first-order chi connectivity index (χ1) is 8.69. The first kappa shape index (κ1) is 16.3. The van der Waals surface area contributed by atoms with Crippen molar-refractivity contribution in [1.82, 2.24) is 4.72 Å². The molecule has 2 atom stereocenters. The summed E-state index contributed by atoms with van der Waals surface area (Å²) in [4.78, 5) is 0.155. The number of nitrogens with one attached hydrogen (secondary N) is 1. The number of rotatable bonds is 5. The van der Waals surface area contributed by atoms with E-state index in [1.54, 1.807) is 6.92 Å². The summed E-state index contributed by atoms with van der Waals surface area (Å²) in [7, 11) is -3.57. The van der Waals surface area contributed by atoms with Crippen molar-refractivity contribution in [3.8, 4) is 0 Å². The van der Waals surface area contributed by atoms with E-state index in [0.29, 0.717) is 10.6 Å². The monoisotopic (exact) mass is 304 g/mol. The Labute approximate surface area is 120 Å². The fraction of sp³-hybridized carbons (Fsp3) is 0.538. The number of hydrogen-bond donors (Lipinski definition) is 2. The minimum Gasteiger partial charge on any atom is -0.397 e. The van der Waals surface area contributed by atoms with Gasteiger partial charge in [0.05, 0.1) is 15.6 Å². The van der Waals surface area contributed by atoms with Crippen molar-refractivity contribution in [2.75, 3.05) is 5.73 Å². The maximum absolute atomic E-state index is 12.3. The van der Waals surface area contributed by atoms with E-state index in [1.165, 1.54) is 12.1 Å². The molecule has 0 radical (unpaired) electrons. The van der Waals surface area contributed by atoms with Crippen LogP contribution in [0.25, 0.3) is 0 Å². The van der Waals surface area contributed by atoms with E-state index >= 15 is 0 Å². The van der Waals surface area contributed by atoms with E-state index < -0.39 is 10.0 Å². The highest BCUT2D eigenvalue weighted by atomic mass is 35.5. The summed E-state index contributed by atoms with van der Waals surface area (Å²) in [6.07, 6.45) is 0.908. The SMILES string of the molecule is CCC(C)C(C)NS(=O)(=O)c1cc(C)c(Cl)c(N)c1. The molecule has 19 heavy (non-hydrogen) atoms. The van der Waals surface area contributed by atoms with Crippen molar-refractivity contribution in [2.24, 2.45) is 5.92 Å². The van der Waals surface area contributed by atoms with E-state index in [0.717, 1.165) is 6.42 Å². The Kier molecular flexibility index (Phi) is 5.24. The van der Waals surface area contributed by atoms with E-state index in [2.05, 4.69) is 4.72 Å². The second kappa shape index (κ2) is 6.11. The Hall–Kier alpha value is -0.780. The molecular weight excluding hydrogens is 284 g/mol. The molecule has 3 N–H and O–H groups in total. The average molecular weight is 305 g/mol. The van der Waals surface area contributed by atoms with Gasteiger partial charge in [0.1, 0.15) is 0 Å². The topological polar surface area (TPSA) is 72.2 Å². The Bertz CT molecular complexity index is 535. The number of anilines is 1. The van der Waals surface area contributed by atoms with Gasteiger partial charge >= 0.3 is 0 Å². The molecule has 4 nitrogen and oxygen atoms in total. The van der Waals surface area contributed by atoms with Crippen LogP contribution < -0.4 is 10.5 Å². The lowest BCUT2D eigenvalue weighted by molar-refractivity contribution is 0.434. The van der Waals surface area contributed by atoms with Crippen molar-refractivity contribution < 1.29 is 8.42 Å². The van der Waals surface area contributed by atoms with Gasteiger partial charge in [-0.25, -0.2) is 13.1 Å². The van der Waals surface area contributed by atoms with Crippen molar-refractivity contribution in [3.05, 3.63) is 22.7 Å². The van der Waals surface area contributed by atoms with Crippen LogP contribution in [0.15, 0.2) is 17.0 Å². The van der Waals surface area contributed by atoms with Gasteiger partial charge in [-0.1, -0.05) is 31.9 Å². The number of sulfonamides is 1. The molecule has 0 aliphatic heterocycles. The highest BCUT2D eigenvalue weighted by Gasteiger charge is 2.21. The zero-order chi connectivity index (χ0) is 14.8. The minimum atomic E-state index is -3.57. The van der Waals surface area contributed by atoms with Gasteiger partial charge in [0.15, 0.2) is 0 Å². The molecule has 0 spiro atoms. The van der Waals surface area contributed by atoms with Crippen LogP contribution in [0.1, 0.15) is 32.8 Å². The summed E-state index contributed by atoms with van der Waals surface area (Å²) in [5, 5.41) is 0.397. The summed E-state index contributed by atoms with van der Waals surface area (Å²) in [5.74, 6) is 0.264. The minimum absolute atomic E-state index is 0.132. The molecule has 0 bridgehead atoms. The summed E-state index contributed by atoms with van der Waals surface area (Å²) >= 11 is 5.94. The Morgan fingerprint density at radius 3 is 2.42 bits per heavy atom. The van der Waals surface area contributed by atoms with Crippen LogP contribution in [0.4, 0.5) is 5.69 Å². The second-order valence-corrected chi connectivity index (χ2v) is 7.03. The van der Waals surface area contributed by atoms with Crippen LogP contribution in [0.3, 0.4) is 0 Å². The van der Waals surface area contributed by atoms with Crippen LogP contribution >= 0.6 is 11.6 Å². The van der Waals surface area contributed by atoms with Crippen LogP contribution in [-0.2, 0) is 10.0 Å². The summed E-state index contributed by atoms with van der Waals surface area (Å²) in [5.41, 5.74) is 6.64. The van der Waals surface area contributed by atoms with Gasteiger partial charge in [0.25, 0.3) is 0 Å². The molecule has 0 saturated carbocycles. The molecule has 1 rings (SSSR count). The molecule has 1 aromatic carbocycles. The summed E-state index contributed by atoms with van der Waals surface area (Å²) in [6, 6.07) is 2.79. The third-order valence-electron chi connectivity index (χ3n) is 3.41. The van der Waals surface area contributed by atoms with E-state index in [4.69, 9.17) is 17.3 Å². The van der Waals surface area contributed by atoms with Crippen LogP contribution in [-0.4, -0.2) is 14.5 Å². The maximum atomic E-state index is 12.3. The predicted octanol–water partition coefficient (Wildman–Crippen LogP) is 2.94. The number of halogens is 1. The van der Waals surface area contributed by atoms with E-state index in [1.807, 2.05) is 20.8 Å². The first-order valence-corrected chi connectivity index (χ1v) is 8.13. The molecule has 0 amide bonds. The molecule has 0 aliphatic carbocycles. The van der Waals surface area contributed by atoms with Gasteiger partial charge in [-0.2, -0.15) is 0 Å². The number of hydrogen-bond acceptors (Lipinski definition) is 3. The molecule has 0 heterocycles. The number of benzene rings is 1. The fourth-order valence-corrected chi connectivity index (χ4v) is 3.28. The molecule has 0 aliphatic rings. The number of aryl methyl sites for hydroxylation is 1.